The van der Waals surface area contributed by atoms with E-state index in [4.69, 9.17) is 4.98 Å². The number of hydrogen-bond donors (Lipinski definition) is 1. The van der Waals surface area contributed by atoms with Gasteiger partial charge in [0.2, 0.25) is 5.95 Å². The monoisotopic (exact) mass is 284 g/mol. The fourth-order valence-electron chi connectivity index (χ4n) is 3.01. The molecule has 2 aromatic rings. The van der Waals surface area contributed by atoms with Crippen LogP contribution in [0.25, 0.3) is 10.9 Å². The first-order valence-corrected chi connectivity index (χ1v) is 8.03. The summed E-state index contributed by atoms with van der Waals surface area (Å²) in [5.41, 5.74) is 1.02. The van der Waals surface area contributed by atoms with E-state index in [1.807, 2.05) is 6.07 Å². The molecule has 21 heavy (non-hydrogen) atoms. The topological polar surface area (TPSA) is 41.1 Å². The summed E-state index contributed by atoms with van der Waals surface area (Å²) in [4.78, 5) is 11.8. The smallest absolute Gasteiger partial charge is 0.225 e. The fourth-order valence-corrected chi connectivity index (χ4v) is 3.01. The lowest BCUT2D eigenvalue weighted by Crippen LogP contribution is -2.26. The Morgan fingerprint density at radius 3 is 2.90 bits per heavy atom. The van der Waals surface area contributed by atoms with Gasteiger partial charge in [-0.3, -0.25) is 0 Å². The first-order valence-electron chi connectivity index (χ1n) is 8.03. The highest BCUT2D eigenvalue weighted by Crippen LogP contribution is 2.28. The Balaban J connectivity index is 2.02. The molecule has 3 rings (SSSR count). The number of hydrogen-bond acceptors (Lipinski definition) is 4. The van der Waals surface area contributed by atoms with Gasteiger partial charge in [0.1, 0.15) is 5.82 Å². The van der Waals surface area contributed by atoms with Crippen LogP contribution in [0.3, 0.4) is 0 Å². The van der Waals surface area contributed by atoms with Crippen molar-refractivity contribution in [1.29, 1.82) is 0 Å². The van der Waals surface area contributed by atoms with Crippen molar-refractivity contribution in [3.8, 4) is 0 Å². The number of nitrogens with one attached hydrogen (secondary N) is 1. The first-order chi connectivity index (χ1) is 10.3. The van der Waals surface area contributed by atoms with Crippen molar-refractivity contribution in [2.75, 3.05) is 29.9 Å². The number of rotatable bonds is 3. The number of para-hydroxylation sites is 1. The van der Waals surface area contributed by atoms with E-state index in [0.717, 1.165) is 48.2 Å². The van der Waals surface area contributed by atoms with Crippen molar-refractivity contribution in [1.82, 2.24) is 9.97 Å². The average molecular weight is 284 g/mol. The molecule has 1 N–H and O–H groups in total. The van der Waals surface area contributed by atoms with Crippen LogP contribution in [0.15, 0.2) is 24.3 Å². The minimum Gasteiger partial charge on any atom is -0.356 e. The molecule has 0 saturated carbocycles. The van der Waals surface area contributed by atoms with Gasteiger partial charge < -0.3 is 10.2 Å². The van der Waals surface area contributed by atoms with Gasteiger partial charge in [-0.15, -0.1) is 0 Å². The molecule has 1 aromatic carbocycles. The van der Waals surface area contributed by atoms with E-state index >= 15 is 0 Å². The highest BCUT2D eigenvalue weighted by atomic mass is 15.2. The molecule has 112 valence electrons. The normalized spacial score (nSPS) is 19.5. The molecule has 1 aliphatic rings. The molecule has 1 saturated heterocycles. The Morgan fingerprint density at radius 1 is 1.19 bits per heavy atom. The van der Waals surface area contributed by atoms with Crippen LogP contribution in [0.4, 0.5) is 11.8 Å². The molecule has 0 radical (unpaired) electrons. The van der Waals surface area contributed by atoms with Gasteiger partial charge in [-0.1, -0.05) is 19.1 Å². The third-order valence-electron chi connectivity index (χ3n) is 4.23. The van der Waals surface area contributed by atoms with Gasteiger partial charge >= 0.3 is 0 Å². The molecule has 1 fully saturated rings. The standard InChI is InChI=1S/C17H24N4/c1-3-18-17-19-15-9-5-4-8-14(15)16(20-17)21-11-6-7-13(2)10-12-21/h4-5,8-9,13H,3,6-7,10-12H2,1-2H3,(H,18,19,20). The summed E-state index contributed by atoms with van der Waals surface area (Å²) in [6, 6.07) is 8.32. The molecule has 0 spiro atoms. The average Bonchev–Trinajstić information content (AvgIpc) is 2.71. The maximum absolute atomic E-state index is 4.78. The largest absolute Gasteiger partial charge is 0.356 e. The van der Waals surface area contributed by atoms with E-state index in [0.29, 0.717) is 0 Å². The van der Waals surface area contributed by atoms with Crippen molar-refractivity contribution in [2.24, 2.45) is 5.92 Å². The van der Waals surface area contributed by atoms with Gasteiger partial charge in [0.15, 0.2) is 0 Å². The Morgan fingerprint density at radius 2 is 2.05 bits per heavy atom. The Kier molecular flexibility index (Phi) is 4.23. The number of anilines is 2. The van der Waals surface area contributed by atoms with Gasteiger partial charge in [-0.05, 0) is 44.2 Å². The van der Waals surface area contributed by atoms with Gasteiger partial charge in [-0.2, -0.15) is 4.98 Å². The van der Waals surface area contributed by atoms with Crippen molar-refractivity contribution in [2.45, 2.75) is 33.1 Å². The van der Waals surface area contributed by atoms with E-state index in [-0.39, 0.29) is 0 Å². The van der Waals surface area contributed by atoms with Crippen LogP contribution < -0.4 is 10.2 Å². The lowest BCUT2D eigenvalue weighted by molar-refractivity contribution is 0.521. The number of nitrogens with zero attached hydrogens (tertiary/aromatic N) is 3. The molecule has 0 amide bonds. The fraction of sp³-hybridized carbons (Fsp3) is 0.529. The second kappa shape index (κ2) is 6.29. The summed E-state index contributed by atoms with van der Waals surface area (Å²) in [5, 5.41) is 4.42. The molecular weight excluding hydrogens is 260 g/mol. The van der Waals surface area contributed by atoms with Crippen LogP contribution in [-0.4, -0.2) is 29.6 Å². The molecule has 1 atom stereocenters. The molecule has 2 heterocycles. The predicted octanol–water partition coefficient (Wildman–Crippen LogP) is 3.69. The van der Waals surface area contributed by atoms with Gasteiger partial charge in [0, 0.05) is 25.0 Å². The van der Waals surface area contributed by atoms with E-state index in [2.05, 4.69) is 47.2 Å². The summed E-state index contributed by atoms with van der Waals surface area (Å²) >= 11 is 0. The zero-order valence-corrected chi connectivity index (χ0v) is 13.0. The molecular formula is C17H24N4. The molecule has 1 unspecified atom stereocenters. The summed E-state index contributed by atoms with van der Waals surface area (Å²) in [5.74, 6) is 2.64. The number of fused-ring (bicyclic) bond motifs is 1. The van der Waals surface area contributed by atoms with Crippen LogP contribution in [0.1, 0.15) is 33.1 Å². The zero-order chi connectivity index (χ0) is 14.7. The molecule has 0 bridgehead atoms. The van der Waals surface area contributed by atoms with Gasteiger partial charge in [0.25, 0.3) is 0 Å². The molecule has 1 aliphatic heterocycles. The highest BCUT2D eigenvalue weighted by molar-refractivity contribution is 5.90. The van der Waals surface area contributed by atoms with Crippen LogP contribution in [0.2, 0.25) is 0 Å². The van der Waals surface area contributed by atoms with E-state index < -0.39 is 0 Å². The van der Waals surface area contributed by atoms with Crippen molar-refractivity contribution in [3.05, 3.63) is 24.3 Å². The lowest BCUT2D eigenvalue weighted by Gasteiger charge is -2.23. The number of aromatic nitrogens is 2. The van der Waals surface area contributed by atoms with Crippen molar-refractivity contribution < 1.29 is 0 Å². The van der Waals surface area contributed by atoms with Crippen LogP contribution in [0, 0.1) is 5.92 Å². The third kappa shape index (κ3) is 3.09. The maximum atomic E-state index is 4.78. The highest BCUT2D eigenvalue weighted by Gasteiger charge is 2.18. The van der Waals surface area contributed by atoms with E-state index in [9.17, 15) is 0 Å². The van der Waals surface area contributed by atoms with E-state index in [1.54, 1.807) is 0 Å². The first kappa shape index (κ1) is 14.1. The van der Waals surface area contributed by atoms with Gasteiger partial charge in [0.05, 0.1) is 5.52 Å². The lowest BCUT2D eigenvalue weighted by atomic mass is 10.0. The Labute approximate surface area is 126 Å². The predicted molar refractivity (Wildman–Crippen MR) is 88.9 cm³/mol. The summed E-state index contributed by atoms with van der Waals surface area (Å²) in [7, 11) is 0. The number of benzene rings is 1. The van der Waals surface area contributed by atoms with E-state index in [1.165, 1.54) is 19.3 Å². The summed E-state index contributed by atoms with van der Waals surface area (Å²) < 4.78 is 0. The van der Waals surface area contributed by atoms with Crippen LogP contribution in [-0.2, 0) is 0 Å². The molecule has 0 aliphatic carbocycles. The molecule has 4 nitrogen and oxygen atoms in total. The molecule has 4 heteroatoms. The third-order valence-corrected chi connectivity index (χ3v) is 4.23. The SMILES string of the molecule is CCNc1nc(N2CCCC(C)CC2)c2ccccc2n1. The zero-order valence-electron chi connectivity index (χ0n) is 13.0. The second-order valence-electron chi connectivity index (χ2n) is 5.94. The summed E-state index contributed by atoms with van der Waals surface area (Å²) in [6.07, 6.45) is 3.81. The van der Waals surface area contributed by atoms with Crippen molar-refractivity contribution >= 4 is 22.7 Å². The Hall–Kier alpha value is -1.84. The van der Waals surface area contributed by atoms with Crippen LogP contribution in [0.5, 0.6) is 0 Å². The minimum atomic E-state index is 0.739. The quantitative estimate of drug-likeness (QED) is 0.933. The second-order valence-corrected chi connectivity index (χ2v) is 5.94. The minimum absolute atomic E-state index is 0.739. The van der Waals surface area contributed by atoms with Gasteiger partial charge in [-0.25, -0.2) is 4.98 Å². The van der Waals surface area contributed by atoms with Crippen LogP contribution >= 0.6 is 0 Å². The Bertz CT molecular complexity index is 611. The van der Waals surface area contributed by atoms with Crippen molar-refractivity contribution in [3.63, 3.8) is 0 Å². The maximum Gasteiger partial charge on any atom is 0.225 e. The molecule has 1 aromatic heterocycles. The summed E-state index contributed by atoms with van der Waals surface area (Å²) in [6.45, 7) is 7.46.